The first-order valence-corrected chi connectivity index (χ1v) is 15.7. The number of esters is 1. The maximum atomic E-state index is 13.4. The SMILES string of the molecule is COC(=O)C(CCN[C@H]1CC[C@@H](N=[N+]=[N-])C[C@H]1CS(=O)(=O)c1ccccc1)CC1(c2cccc(C(F)(F)F)c2)OCCO1. The average molecular weight is 625 g/mol. The van der Waals surface area contributed by atoms with Gasteiger partial charge in [-0.3, -0.25) is 4.79 Å². The van der Waals surface area contributed by atoms with Gasteiger partial charge < -0.3 is 19.5 Å². The quantitative estimate of drug-likeness (QED) is 0.145. The fourth-order valence-corrected chi connectivity index (χ4v) is 7.60. The highest BCUT2D eigenvalue weighted by molar-refractivity contribution is 7.91. The van der Waals surface area contributed by atoms with Gasteiger partial charge in [-0.25, -0.2) is 8.42 Å². The van der Waals surface area contributed by atoms with Crippen LogP contribution in [0.4, 0.5) is 13.2 Å². The molecule has 2 aliphatic rings. The summed E-state index contributed by atoms with van der Waals surface area (Å²) in [5.41, 5.74) is 8.24. The van der Waals surface area contributed by atoms with Gasteiger partial charge in [0.15, 0.2) is 15.6 Å². The minimum Gasteiger partial charge on any atom is -0.469 e. The van der Waals surface area contributed by atoms with E-state index in [1.165, 1.54) is 19.2 Å². The Morgan fingerprint density at radius 1 is 1.16 bits per heavy atom. The average Bonchev–Trinajstić information content (AvgIpc) is 3.47. The van der Waals surface area contributed by atoms with Gasteiger partial charge in [-0.15, -0.1) is 0 Å². The van der Waals surface area contributed by atoms with Crippen LogP contribution in [0.3, 0.4) is 0 Å². The highest BCUT2D eigenvalue weighted by atomic mass is 32.2. The number of nitrogens with one attached hydrogen (secondary N) is 1. The van der Waals surface area contributed by atoms with Crippen LogP contribution in [0.15, 0.2) is 64.6 Å². The van der Waals surface area contributed by atoms with Crippen molar-refractivity contribution in [2.75, 3.05) is 32.6 Å². The van der Waals surface area contributed by atoms with Crippen LogP contribution in [0, 0.1) is 11.8 Å². The number of carbonyl (C=O) groups excluding carboxylic acids is 1. The molecule has 4 atom stereocenters. The summed E-state index contributed by atoms with van der Waals surface area (Å²) in [6.07, 6.45) is -2.89. The second kappa shape index (κ2) is 14.1. The van der Waals surface area contributed by atoms with Gasteiger partial charge in [-0.1, -0.05) is 35.4 Å². The number of nitrogens with zero attached hydrogens (tertiary/aromatic N) is 3. The standard InChI is InChI=1S/C29H35F3N4O6S/c1-40-27(37)20(18-28(41-14-15-42-28)22-6-5-7-23(17-22)29(30,31)32)12-13-34-26-11-10-24(35-36-33)16-21(26)19-43(38,39)25-8-3-2-4-9-25/h2-9,17,20-21,24,26,34H,10-16,18-19H2,1H3/t20?,21-,24+,26-/m0/s1. The van der Waals surface area contributed by atoms with Gasteiger partial charge in [0.2, 0.25) is 0 Å². The highest BCUT2D eigenvalue weighted by Gasteiger charge is 2.44. The molecular formula is C29H35F3N4O6S. The van der Waals surface area contributed by atoms with Gasteiger partial charge in [-0.05, 0) is 67.9 Å². The topological polar surface area (TPSA) is 140 Å². The molecular weight excluding hydrogens is 589 g/mol. The number of hydrogen-bond acceptors (Lipinski definition) is 8. The van der Waals surface area contributed by atoms with Gasteiger partial charge in [0.25, 0.3) is 0 Å². The number of benzene rings is 2. The summed E-state index contributed by atoms with van der Waals surface area (Å²) in [5, 5.41) is 7.21. The second-order valence-electron chi connectivity index (χ2n) is 10.8. The Bertz CT molecular complexity index is 1400. The summed E-state index contributed by atoms with van der Waals surface area (Å²) in [6, 6.07) is 12.2. The predicted octanol–water partition coefficient (Wildman–Crippen LogP) is 5.39. The van der Waals surface area contributed by atoms with Crippen LogP contribution in [-0.2, 0) is 40.8 Å². The third kappa shape index (κ3) is 8.27. The Hall–Kier alpha value is -3.16. The molecule has 0 radical (unpaired) electrons. The molecule has 1 aliphatic carbocycles. The minimum absolute atomic E-state index is 0.0713. The van der Waals surface area contributed by atoms with Crippen molar-refractivity contribution in [3.8, 4) is 0 Å². The zero-order valence-electron chi connectivity index (χ0n) is 23.7. The Balaban J connectivity index is 1.48. The number of sulfone groups is 1. The molecule has 0 amide bonds. The maximum Gasteiger partial charge on any atom is 0.416 e. The summed E-state index contributed by atoms with van der Waals surface area (Å²) in [4.78, 5) is 16.0. The molecule has 10 nitrogen and oxygen atoms in total. The second-order valence-corrected chi connectivity index (χ2v) is 12.9. The van der Waals surface area contributed by atoms with Crippen LogP contribution < -0.4 is 5.32 Å². The number of ether oxygens (including phenoxy) is 3. The van der Waals surface area contributed by atoms with Gasteiger partial charge in [-0.2, -0.15) is 13.2 Å². The molecule has 14 heteroatoms. The summed E-state index contributed by atoms with van der Waals surface area (Å²) in [7, 11) is -2.39. The molecule has 2 aromatic rings. The molecule has 1 N–H and O–H groups in total. The molecule has 1 saturated heterocycles. The number of azide groups is 1. The summed E-state index contributed by atoms with van der Waals surface area (Å²) < 4.78 is 83.4. The number of methoxy groups -OCH3 is 1. The smallest absolute Gasteiger partial charge is 0.416 e. The lowest BCUT2D eigenvalue weighted by Gasteiger charge is -2.36. The third-order valence-corrected chi connectivity index (χ3v) is 9.90. The number of halogens is 3. The molecule has 234 valence electrons. The zero-order chi connectivity index (χ0) is 31.1. The molecule has 2 fully saturated rings. The summed E-state index contributed by atoms with van der Waals surface area (Å²) in [5.74, 6) is -3.42. The van der Waals surface area contributed by atoms with E-state index < -0.39 is 39.3 Å². The first-order valence-electron chi connectivity index (χ1n) is 14.1. The van der Waals surface area contributed by atoms with E-state index in [0.717, 1.165) is 12.1 Å². The fraction of sp³-hybridized carbons (Fsp3) is 0.552. The largest absolute Gasteiger partial charge is 0.469 e. The van der Waals surface area contributed by atoms with Crippen LogP contribution in [-0.4, -0.2) is 59.1 Å². The molecule has 1 heterocycles. The van der Waals surface area contributed by atoms with Crippen molar-refractivity contribution >= 4 is 15.8 Å². The maximum absolute atomic E-state index is 13.4. The molecule has 2 aromatic carbocycles. The van der Waals surface area contributed by atoms with Gasteiger partial charge >= 0.3 is 12.1 Å². The van der Waals surface area contributed by atoms with Crippen molar-refractivity contribution in [3.63, 3.8) is 0 Å². The Morgan fingerprint density at radius 3 is 2.53 bits per heavy atom. The highest BCUT2D eigenvalue weighted by Crippen LogP contribution is 2.41. The molecule has 43 heavy (non-hydrogen) atoms. The third-order valence-electron chi connectivity index (χ3n) is 8.04. The van der Waals surface area contributed by atoms with Gasteiger partial charge in [0.05, 0.1) is 42.5 Å². The first kappa shape index (κ1) is 32.7. The van der Waals surface area contributed by atoms with Crippen molar-refractivity contribution in [2.24, 2.45) is 17.0 Å². The number of hydrogen-bond donors (Lipinski definition) is 1. The first-order chi connectivity index (χ1) is 20.5. The van der Waals surface area contributed by atoms with E-state index in [2.05, 4.69) is 15.3 Å². The number of rotatable bonds is 12. The Morgan fingerprint density at radius 2 is 1.88 bits per heavy atom. The van der Waals surface area contributed by atoms with Crippen LogP contribution >= 0.6 is 0 Å². The summed E-state index contributed by atoms with van der Waals surface area (Å²) >= 11 is 0. The van der Waals surface area contributed by atoms with Gasteiger partial charge in [0, 0.05) is 29.0 Å². The lowest BCUT2D eigenvalue weighted by atomic mass is 9.82. The molecule has 0 bridgehead atoms. The monoisotopic (exact) mass is 624 g/mol. The van der Waals surface area contributed by atoms with Gasteiger partial charge in [0.1, 0.15) is 0 Å². The lowest BCUT2D eigenvalue weighted by molar-refractivity contribution is -0.187. The molecule has 0 spiro atoms. The normalized spacial score (nSPS) is 22.8. The Kier molecular flexibility index (Phi) is 10.7. The van der Waals surface area contributed by atoms with E-state index in [0.29, 0.717) is 19.3 Å². The molecule has 4 rings (SSSR count). The van der Waals surface area contributed by atoms with Crippen molar-refractivity contribution in [3.05, 3.63) is 76.2 Å². The van der Waals surface area contributed by atoms with E-state index in [-0.39, 0.29) is 66.8 Å². The van der Waals surface area contributed by atoms with E-state index in [1.807, 2.05) is 0 Å². The van der Waals surface area contributed by atoms with E-state index in [4.69, 9.17) is 19.7 Å². The molecule has 1 aliphatic heterocycles. The van der Waals surface area contributed by atoms with Crippen LogP contribution in [0.1, 0.15) is 43.2 Å². The van der Waals surface area contributed by atoms with Crippen LogP contribution in [0.5, 0.6) is 0 Å². The van der Waals surface area contributed by atoms with E-state index in [1.54, 1.807) is 30.3 Å². The number of alkyl halides is 3. The van der Waals surface area contributed by atoms with Crippen molar-refractivity contribution < 1.29 is 40.6 Å². The summed E-state index contributed by atoms with van der Waals surface area (Å²) in [6.45, 7) is 0.583. The fourth-order valence-electron chi connectivity index (χ4n) is 5.90. The minimum atomic E-state index is -4.57. The van der Waals surface area contributed by atoms with Crippen molar-refractivity contribution in [1.29, 1.82) is 0 Å². The van der Waals surface area contributed by atoms with Crippen LogP contribution in [0.25, 0.3) is 10.4 Å². The van der Waals surface area contributed by atoms with Crippen LogP contribution in [0.2, 0.25) is 0 Å². The molecule has 1 saturated carbocycles. The Labute approximate surface area is 248 Å². The molecule has 0 aromatic heterocycles. The van der Waals surface area contributed by atoms with Crippen molar-refractivity contribution in [1.82, 2.24) is 5.32 Å². The van der Waals surface area contributed by atoms with Crippen molar-refractivity contribution in [2.45, 2.75) is 61.0 Å². The number of carbonyl (C=O) groups is 1. The molecule has 1 unspecified atom stereocenters. The van der Waals surface area contributed by atoms with E-state index in [9.17, 15) is 26.4 Å². The lowest BCUT2D eigenvalue weighted by Crippen LogP contribution is -2.45. The predicted molar refractivity (Wildman–Crippen MR) is 150 cm³/mol. The van der Waals surface area contributed by atoms with E-state index >= 15 is 0 Å². The zero-order valence-corrected chi connectivity index (χ0v) is 24.5.